The van der Waals surface area contributed by atoms with Gasteiger partial charge in [-0.1, -0.05) is 37.3 Å². The topological polar surface area (TPSA) is 46.3 Å². The molecule has 1 saturated heterocycles. The molecule has 0 aliphatic carbocycles. The third-order valence-corrected chi connectivity index (χ3v) is 4.43. The highest BCUT2D eigenvalue weighted by Gasteiger charge is 2.35. The van der Waals surface area contributed by atoms with Crippen molar-refractivity contribution in [2.75, 3.05) is 12.3 Å². The Labute approximate surface area is 148 Å². The van der Waals surface area contributed by atoms with E-state index in [1.165, 1.54) is 6.07 Å². The third-order valence-electron chi connectivity index (χ3n) is 4.43. The number of carbonyl (C=O) groups is 1. The summed E-state index contributed by atoms with van der Waals surface area (Å²) < 4.78 is 14.1. The highest BCUT2D eigenvalue weighted by atomic mass is 35.5. The van der Waals surface area contributed by atoms with Gasteiger partial charge in [0.05, 0.1) is 12.5 Å². The van der Waals surface area contributed by atoms with Crippen LogP contribution in [0.3, 0.4) is 0 Å². The van der Waals surface area contributed by atoms with Crippen molar-refractivity contribution in [2.45, 2.75) is 25.8 Å². The number of amides is 1. The van der Waals surface area contributed by atoms with Gasteiger partial charge in [0.25, 0.3) is 0 Å². The number of carbonyl (C=O) groups excluding carboxylic acids is 1. The zero-order chi connectivity index (χ0) is 16.4. The molecular weight excluding hydrogens is 327 g/mol. The van der Waals surface area contributed by atoms with E-state index in [2.05, 4.69) is 6.92 Å². The molecule has 128 valence electrons. The van der Waals surface area contributed by atoms with Gasteiger partial charge in [-0.3, -0.25) is 4.79 Å². The van der Waals surface area contributed by atoms with E-state index in [0.717, 1.165) is 12.0 Å². The fraction of sp³-hybridized carbons (Fsp3) is 0.316. The number of likely N-dealkylation sites (tertiary alicyclic amines) is 1. The molecular formula is C19H22ClFN2O. The van der Waals surface area contributed by atoms with E-state index < -0.39 is 0 Å². The van der Waals surface area contributed by atoms with E-state index >= 15 is 0 Å². The number of nitrogens with two attached hydrogens (primary N) is 1. The number of anilines is 1. The minimum atomic E-state index is -0.239. The third kappa shape index (κ3) is 3.88. The molecule has 1 amide bonds. The monoisotopic (exact) mass is 348 g/mol. The first-order chi connectivity index (χ1) is 11.0. The van der Waals surface area contributed by atoms with Crippen LogP contribution in [-0.4, -0.2) is 17.4 Å². The second-order valence-corrected chi connectivity index (χ2v) is 6.34. The van der Waals surface area contributed by atoms with Gasteiger partial charge in [-0.25, -0.2) is 4.39 Å². The molecule has 1 fully saturated rings. The Balaban J connectivity index is 0.00000208. The van der Waals surface area contributed by atoms with Crippen LogP contribution in [0.2, 0.25) is 0 Å². The molecule has 0 bridgehead atoms. The van der Waals surface area contributed by atoms with Crippen molar-refractivity contribution < 1.29 is 9.18 Å². The molecule has 0 aromatic heterocycles. The summed E-state index contributed by atoms with van der Waals surface area (Å²) in [6.07, 6.45) is 1.12. The summed E-state index contributed by atoms with van der Waals surface area (Å²) in [5.74, 6) is 0.166. The van der Waals surface area contributed by atoms with Crippen LogP contribution in [-0.2, 0) is 11.2 Å². The fourth-order valence-corrected chi connectivity index (χ4v) is 3.27. The maximum atomic E-state index is 14.1. The van der Waals surface area contributed by atoms with Crippen LogP contribution >= 0.6 is 12.4 Å². The summed E-state index contributed by atoms with van der Waals surface area (Å²) in [6.45, 7) is 2.77. The van der Waals surface area contributed by atoms with Gasteiger partial charge in [-0.15, -0.1) is 12.4 Å². The highest BCUT2D eigenvalue weighted by Crippen LogP contribution is 2.36. The Kier molecular flexibility index (Phi) is 5.84. The largest absolute Gasteiger partial charge is 0.399 e. The predicted molar refractivity (Wildman–Crippen MR) is 96.4 cm³/mol. The second kappa shape index (κ2) is 7.67. The van der Waals surface area contributed by atoms with Gasteiger partial charge in [-0.2, -0.15) is 0 Å². The molecule has 2 N–H and O–H groups in total. The van der Waals surface area contributed by atoms with E-state index in [9.17, 15) is 9.18 Å². The van der Waals surface area contributed by atoms with Crippen molar-refractivity contribution in [3.05, 3.63) is 65.5 Å². The van der Waals surface area contributed by atoms with Crippen LogP contribution in [0.4, 0.5) is 10.1 Å². The number of halogens is 2. The molecule has 3 nitrogen and oxygen atoms in total. The van der Waals surface area contributed by atoms with Crippen LogP contribution in [0.1, 0.15) is 30.5 Å². The highest BCUT2D eigenvalue weighted by molar-refractivity contribution is 5.85. The molecule has 1 heterocycles. The number of nitrogen functional groups attached to an aromatic ring is 1. The van der Waals surface area contributed by atoms with Gasteiger partial charge in [0.15, 0.2) is 0 Å². The summed E-state index contributed by atoms with van der Waals surface area (Å²) in [5, 5.41) is 0. The van der Waals surface area contributed by atoms with Crippen LogP contribution in [0.25, 0.3) is 0 Å². The fourth-order valence-electron chi connectivity index (χ4n) is 3.27. The normalized spacial score (nSPS) is 19.8. The Bertz CT molecular complexity index is 705. The molecule has 24 heavy (non-hydrogen) atoms. The van der Waals surface area contributed by atoms with Crippen LogP contribution in [0.5, 0.6) is 0 Å². The standard InChI is InChI=1S/C19H21FN2O.ClH/c1-13-10-18(16-4-2-3-5-17(16)20)22(12-13)19(23)11-14-6-8-15(21)9-7-14;/h2-9,13,18H,10-12,21H2,1H3;1H. The van der Waals surface area contributed by atoms with E-state index in [4.69, 9.17) is 5.73 Å². The number of hydrogen-bond acceptors (Lipinski definition) is 2. The van der Waals surface area contributed by atoms with Gasteiger partial charge in [0.2, 0.25) is 5.91 Å². The summed E-state index contributed by atoms with van der Waals surface area (Å²) in [5.41, 5.74) is 7.90. The maximum absolute atomic E-state index is 14.1. The predicted octanol–water partition coefficient (Wildman–Crippen LogP) is 3.98. The molecule has 0 spiro atoms. The molecule has 5 heteroatoms. The lowest BCUT2D eigenvalue weighted by Crippen LogP contribution is -2.32. The minimum absolute atomic E-state index is 0. The summed E-state index contributed by atoms with van der Waals surface area (Å²) in [6, 6.07) is 13.9. The number of nitrogens with zero attached hydrogens (tertiary/aromatic N) is 1. The van der Waals surface area contributed by atoms with E-state index in [1.54, 1.807) is 24.3 Å². The molecule has 0 saturated carbocycles. The van der Waals surface area contributed by atoms with Gasteiger partial charge >= 0.3 is 0 Å². The zero-order valence-corrected chi connectivity index (χ0v) is 14.4. The molecule has 1 aliphatic rings. The molecule has 2 aromatic carbocycles. The first kappa shape index (κ1) is 18.3. The van der Waals surface area contributed by atoms with Crippen molar-refractivity contribution in [1.29, 1.82) is 0 Å². The minimum Gasteiger partial charge on any atom is -0.399 e. The first-order valence-electron chi connectivity index (χ1n) is 7.93. The SMILES string of the molecule is CC1CC(c2ccccc2F)N(C(=O)Cc2ccc(N)cc2)C1.Cl. The Morgan fingerprint density at radius 1 is 1.21 bits per heavy atom. The van der Waals surface area contributed by atoms with Crippen molar-refractivity contribution in [3.63, 3.8) is 0 Å². The van der Waals surface area contributed by atoms with E-state index in [1.807, 2.05) is 23.1 Å². The smallest absolute Gasteiger partial charge is 0.227 e. The first-order valence-corrected chi connectivity index (χ1v) is 7.93. The second-order valence-electron chi connectivity index (χ2n) is 6.34. The molecule has 3 rings (SSSR count). The average Bonchev–Trinajstić information content (AvgIpc) is 2.92. The molecule has 2 atom stereocenters. The zero-order valence-electron chi connectivity index (χ0n) is 13.6. The molecule has 2 unspecified atom stereocenters. The lowest BCUT2D eigenvalue weighted by molar-refractivity contribution is -0.131. The maximum Gasteiger partial charge on any atom is 0.227 e. The molecule has 0 radical (unpaired) electrons. The van der Waals surface area contributed by atoms with Gasteiger partial charge < -0.3 is 10.6 Å². The van der Waals surface area contributed by atoms with Crippen molar-refractivity contribution in [2.24, 2.45) is 5.92 Å². The van der Waals surface area contributed by atoms with E-state index in [0.29, 0.717) is 30.1 Å². The summed E-state index contributed by atoms with van der Waals surface area (Å²) in [7, 11) is 0. The average molecular weight is 349 g/mol. The van der Waals surface area contributed by atoms with Crippen molar-refractivity contribution >= 4 is 24.0 Å². The van der Waals surface area contributed by atoms with Crippen molar-refractivity contribution in [3.8, 4) is 0 Å². The number of hydrogen-bond donors (Lipinski definition) is 1. The van der Waals surface area contributed by atoms with Crippen LogP contribution in [0.15, 0.2) is 48.5 Å². The molecule has 1 aliphatic heterocycles. The van der Waals surface area contributed by atoms with Crippen LogP contribution in [0, 0.1) is 11.7 Å². The van der Waals surface area contributed by atoms with Crippen LogP contribution < -0.4 is 5.73 Å². The molecule has 2 aromatic rings. The quantitative estimate of drug-likeness (QED) is 0.853. The lowest BCUT2D eigenvalue weighted by Gasteiger charge is -2.25. The van der Waals surface area contributed by atoms with Gasteiger partial charge in [0.1, 0.15) is 5.82 Å². The Hall–Kier alpha value is -2.07. The van der Waals surface area contributed by atoms with Gasteiger partial charge in [-0.05, 0) is 36.1 Å². The summed E-state index contributed by atoms with van der Waals surface area (Å²) >= 11 is 0. The lowest BCUT2D eigenvalue weighted by atomic mass is 10.00. The Morgan fingerprint density at radius 3 is 2.54 bits per heavy atom. The Morgan fingerprint density at radius 2 is 1.88 bits per heavy atom. The van der Waals surface area contributed by atoms with Gasteiger partial charge in [0, 0.05) is 17.8 Å². The summed E-state index contributed by atoms with van der Waals surface area (Å²) in [4.78, 5) is 14.5. The number of benzene rings is 2. The van der Waals surface area contributed by atoms with E-state index in [-0.39, 0.29) is 30.2 Å². The number of rotatable bonds is 3. The van der Waals surface area contributed by atoms with Crippen molar-refractivity contribution in [1.82, 2.24) is 4.90 Å².